The fraction of sp³-hybridized carbons (Fsp3) is 0.0588. The van der Waals surface area contributed by atoms with Crippen LogP contribution >= 0.6 is 0 Å². The van der Waals surface area contributed by atoms with Gasteiger partial charge in [0.1, 0.15) is 6.33 Å². The third kappa shape index (κ3) is 2.13. The van der Waals surface area contributed by atoms with E-state index in [1.807, 2.05) is 18.2 Å². The monoisotopic (exact) mass is 287 g/mol. The van der Waals surface area contributed by atoms with Crippen molar-refractivity contribution < 1.29 is 0 Å². The van der Waals surface area contributed by atoms with Crippen LogP contribution in [-0.2, 0) is 0 Å². The van der Waals surface area contributed by atoms with Gasteiger partial charge in [0.2, 0.25) is 0 Å². The molecule has 0 radical (unpaired) electrons. The molecular weight excluding hydrogens is 274 g/mol. The predicted molar refractivity (Wildman–Crippen MR) is 84.2 cm³/mol. The molecule has 0 N–H and O–H groups in total. The van der Waals surface area contributed by atoms with Crippen molar-refractivity contribution in [3.8, 4) is 22.5 Å². The van der Waals surface area contributed by atoms with Crippen LogP contribution < -0.4 is 0 Å². The first-order valence-electron chi connectivity index (χ1n) is 6.99. The van der Waals surface area contributed by atoms with Crippen molar-refractivity contribution in [1.82, 2.24) is 24.6 Å². The van der Waals surface area contributed by atoms with E-state index >= 15 is 0 Å². The van der Waals surface area contributed by atoms with E-state index < -0.39 is 0 Å². The Kier molecular flexibility index (Phi) is 2.89. The molecule has 4 aromatic rings. The fourth-order valence-corrected chi connectivity index (χ4v) is 2.41. The summed E-state index contributed by atoms with van der Waals surface area (Å²) in [6.07, 6.45) is 5.06. The summed E-state index contributed by atoms with van der Waals surface area (Å²) in [5, 5.41) is 4.27. The predicted octanol–water partition coefficient (Wildman–Crippen LogP) is 3.16. The van der Waals surface area contributed by atoms with E-state index in [-0.39, 0.29) is 0 Å². The highest BCUT2D eigenvalue weighted by Gasteiger charge is 2.10. The van der Waals surface area contributed by atoms with Gasteiger partial charge in [0, 0.05) is 23.5 Å². The SMILES string of the molecule is Cc1ccc(-c2cc(-c3ccncc3)n3ncnc3n2)cc1. The van der Waals surface area contributed by atoms with Gasteiger partial charge >= 0.3 is 0 Å². The third-order valence-corrected chi connectivity index (χ3v) is 3.58. The van der Waals surface area contributed by atoms with Gasteiger partial charge in [-0.05, 0) is 25.1 Å². The molecular formula is C17H13N5. The number of rotatable bonds is 2. The Balaban J connectivity index is 1.96. The summed E-state index contributed by atoms with van der Waals surface area (Å²) >= 11 is 0. The molecule has 5 heteroatoms. The van der Waals surface area contributed by atoms with Crippen LogP contribution in [0, 0.1) is 6.92 Å². The van der Waals surface area contributed by atoms with E-state index in [1.54, 1.807) is 16.9 Å². The lowest BCUT2D eigenvalue weighted by Crippen LogP contribution is -1.98. The number of pyridine rings is 1. The van der Waals surface area contributed by atoms with Crippen LogP contribution in [0.4, 0.5) is 0 Å². The van der Waals surface area contributed by atoms with Crippen LogP contribution in [0.2, 0.25) is 0 Å². The first kappa shape index (κ1) is 12.6. The number of hydrogen-bond donors (Lipinski definition) is 0. The Labute approximate surface area is 127 Å². The summed E-state index contributed by atoms with van der Waals surface area (Å²) in [5.74, 6) is 0.588. The molecule has 3 heterocycles. The summed E-state index contributed by atoms with van der Waals surface area (Å²) in [7, 11) is 0. The van der Waals surface area contributed by atoms with Gasteiger partial charge < -0.3 is 0 Å². The van der Waals surface area contributed by atoms with Crippen molar-refractivity contribution in [1.29, 1.82) is 0 Å². The van der Waals surface area contributed by atoms with Crippen molar-refractivity contribution in [3.63, 3.8) is 0 Å². The van der Waals surface area contributed by atoms with Crippen molar-refractivity contribution in [2.75, 3.05) is 0 Å². The normalized spacial score (nSPS) is 11.0. The highest BCUT2D eigenvalue weighted by Crippen LogP contribution is 2.25. The smallest absolute Gasteiger partial charge is 0.253 e. The molecule has 0 aliphatic carbocycles. The number of nitrogens with zero attached hydrogens (tertiary/aromatic N) is 5. The first-order valence-corrected chi connectivity index (χ1v) is 6.99. The average Bonchev–Trinajstić information content (AvgIpc) is 3.04. The fourth-order valence-electron chi connectivity index (χ4n) is 2.41. The van der Waals surface area contributed by atoms with Crippen LogP contribution in [0.25, 0.3) is 28.3 Å². The quantitative estimate of drug-likeness (QED) is 0.568. The highest BCUT2D eigenvalue weighted by molar-refractivity contribution is 5.70. The molecule has 0 bridgehead atoms. The van der Waals surface area contributed by atoms with Crippen LogP contribution in [0.15, 0.2) is 61.2 Å². The molecule has 0 spiro atoms. The van der Waals surface area contributed by atoms with E-state index in [0.29, 0.717) is 5.78 Å². The maximum absolute atomic E-state index is 4.60. The Bertz CT molecular complexity index is 926. The molecule has 22 heavy (non-hydrogen) atoms. The van der Waals surface area contributed by atoms with Crippen molar-refractivity contribution in [2.45, 2.75) is 6.92 Å². The minimum atomic E-state index is 0.588. The molecule has 3 aromatic heterocycles. The largest absolute Gasteiger partial charge is 0.265 e. The molecule has 0 unspecified atom stereocenters. The van der Waals surface area contributed by atoms with E-state index in [2.05, 4.69) is 51.2 Å². The van der Waals surface area contributed by atoms with Crippen LogP contribution in [0.1, 0.15) is 5.56 Å². The standard InChI is InChI=1S/C17H13N5/c1-12-2-4-13(5-3-12)15-10-16(14-6-8-18-9-7-14)22-17(21-15)19-11-20-22/h2-11H,1H3. The van der Waals surface area contributed by atoms with Gasteiger partial charge in [-0.15, -0.1) is 0 Å². The number of aromatic nitrogens is 5. The van der Waals surface area contributed by atoms with Gasteiger partial charge in [0.25, 0.3) is 5.78 Å². The summed E-state index contributed by atoms with van der Waals surface area (Å²) in [6.45, 7) is 2.07. The summed E-state index contributed by atoms with van der Waals surface area (Å²) in [4.78, 5) is 12.9. The molecule has 106 valence electrons. The molecule has 0 saturated carbocycles. The Morgan fingerprint density at radius 1 is 0.909 bits per heavy atom. The molecule has 1 aromatic carbocycles. The molecule has 0 fully saturated rings. The summed E-state index contributed by atoms with van der Waals surface area (Å²) < 4.78 is 1.74. The second-order valence-electron chi connectivity index (χ2n) is 5.10. The highest BCUT2D eigenvalue weighted by atomic mass is 15.3. The van der Waals surface area contributed by atoms with Gasteiger partial charge in [-0.3, -0.25) is 4.98 Å². The second-order valence-corrected chi connectivity index (χ2v) is 5.10. The lowest BCUT2D eigenvalue weighted by Gasteiger charge is -2.07. The topological polar surface area (TPSA) is 56.0 Å². The molecule has 0 atom stereocenters. The van der Waals surface area contributed by atoms with Crippen LogP contribution in [-0.4, -0.2) is 24.6 Å². The number of hydrogen-bond acceptors (Lipinski definition) is 4. The van der Waals surface area contributed by atoms with E-state index in [4.69, 9.17) is 0 Å². The lowest BCUT2D eigenvalue weighted by molar-refractivity contribution is 0.948. The molecule has 0 aliphatic heterocycles. The lowest BCUT2D eigenvalue weighted by atomic mass is 10.1. The zero-order chi connectivity index (χ0) is 14.9. The maximum Gasteiger partial charge on any atom is 0.253 e. The van der Waals surface area contributed by atoms with Gasteiger partial charge in [-0.25, -0.2) is 4.98 Å². The van der Waals surface area contributed by atoms with Crippen molar-refractivity contribution in [2.24, 2.45) is 0 Å². The Hall–Kier alpha value is -3.08. The van der Waals surface area contributed by atoms with Gasteiger partial charge in [0.05, 0.1) is 11.4 Å². The van der Waals surface area contributed by atoms with E-state index in [9.17, 15) is 0 Å². The first-order chi connectivity index (χ1) is 10.8. The van der Waals surface area contributed by atoms with Gasteiger partial charge in [-0.2, -0.15) is 14.6 Å². The molecule has 5 nitrogen and oxygen atoms in total. The van der Waals surface area contributed by atoms with Crippen molar-refractivity contribution >= 4 is 5.78 Å². The molecule has 0 aliphatic rings. The van der Waals surface area contributed by atoms with Gasteiger partial charge in [0.15, 0.2) is 0 Å². The number of fused-ring (bicyclic) bond motifs is 1. The molecule has 0 amide bonds. The van der Waals surface area contributed by atoms with Crippen molar-refractivity contribution in [3.05, 3.63) is 66.7 Å². The van der Waals surface area contributed by atoms with E-state index in [0.717, 1.165) is 22.5 Å². The maximum atomic E-state index is 4.60. The minimum absolute atomic E-state index is 0.588. The van der Waals surface area contributed by atoms with Gasteiger partial charge in [-0.1, -0.05) is 29.8 Å². The van der Waals surface area contributed by atoms with Crippen LogP contribution in [0.3, 0.4) is 0 Å². The second kappa shape index (κ2) is 5.04. The summed E-state index contributed by atoms with van der Waals surface area (Å²) in [6, 6.07) is 14.2. The number of benzene rings is 1. The van der Waals surface area contributed by atoms with E-state index in [1.165, 1.54) is 11.9 Å². The van der Waals surface area contributed by atoms with Crippen LogP contribution in [0.5, 0.6) is 0 Å². The average molecular weight is 287 g/mol. The third-order valence-electron chi connectivity index (χ3n) is 3.58. The number of aryl methyl sites for hydroxylation is 1. The molecule has 0 saturated heterocycles. The Morgan fingerprint density at radius 3 is 2.45 bits per heavy atom. The Morgan fingerprint density at radius 2 is 1.68 bits per heavy atom. The minimum Gasteiger partial charge on any atom is -0.265 e. The molecule has 4 rings (SSSR count). The summed E-state index contributed by atoms with van der Waals surface area (Å²) in [5.41, 5.74) is 5.14. The zero-order valence-electron chi connectivity index (χ0n) is 12.0. The zero-order valence-corrected chi connectivity index (χ0v) is 12.0.